The van der Waals surface area contributed by atoms with Crippen LogP contribution in [0, 0.1) is 0 Å². The van der Waals surface area contributed by atoms with Gasteiger partial charge in [0, 0.05) is 16.3 Å². The summed E-state index contributed by atoms with van der Waals surface area (Å²) in [6, 6.07) is 15.6. The van der Waals surface area contributed by atoms with Crippen LogP contribution in [0.2, 0.25) is 0 Å². The Kier molecular flexibility index (Phi) is 5.95. The van der Waals surface area contributed by atoms with Gasteiger partial charge in [-0.25, -0.2) is 8.42 Å². The van der Waals surface area contributed by atoms with Gasteiger partial charge in [-0.05, 0) is 24.3 Å². The van der Waals surface area contributed by atoms with E-state index in [0.29, 0.717) is 0 Å². The Hall–Kier alpha value is 0.136. The summed E-state index contributed by atoms with van der Waals surface area (Å²) in [6.45, 7) is 0.167. The van der Waals surface area contributed by atoms with Gasteiger partial charge in [0.25, 0.3) is 0 Å². The first-order valence-electron chi connectivity index (χ1n) is 6.12. The molecule has 0 aliphatic carbocycles. The molecule has 0 N–H and O–H groups in total. The number of hydrogen-bond donors (Lipinski definition) is 0. The first-order chi connectivity index (χ1) is 9.54. The Morgan fingerprint density at radius 1 is 0.952 bits per heavy atom. The maximum absolute atomic E-state index is 10.9. The maximum atomic E-state index is 10.9. The third-order valence-electron chi connectivity index (χ3n) is 3.10. The molecule has 1 aliphatic heterocycles. The second kappa shape index (κ2) is 7.14. The zero-order valence-electron chi connectivity index (χ0n) is 11.5. The average molecular weight is 345 g/mol. The Balaban J connectivity index is 0.00000161. The van der Waals surface area contributed by atoms with Gasteiger partial charge in [0.1, 0.15) is 0 Å². The molecule has 0 saturated heterocycles. The van der Waals surface area contributed by atoms with Crippen LogP contribution in [0.4, 0.5) is 11.4 Å². The first-order valence-corrected chi connectivity index (χ1v) is 8.51. The third kappa shape index (κ3) is 4.11. The van der Waals surface area contributed by atoms with Crippen LogP contribution in [0.15, 0.2) is 58.3 Å². The van der Waals surface area contributed by atoms with Crippen LogP contribution in [0.3, 0.4) is 0 Å². The van der Waals surface area contributed by atoms with E-state index < -0.39 is 15.9 Å². The molecule has 0 saturated carbocycles. The molecule has 0 radical (unpaired) electrons. The van der Waals surface area contributed by atoms with Gasteiger partial charge in [0.2, 0.25) is 0 Å². The number of rotatable bonds is 3. The molecule has 0 spiro atoms. The normalized spacial score (nSPS) is 13.1. The summed E-state index contributed by atoms with van der Waals surface area (Å²) in [6.07, 6.45) is 0. The quantitative estimate of drug-likeness (QED) is 0.571. The van der Waals surface area contributed by atoms with Crippen LogP contribution in [0.5, 0.6) is 0 Å². The Morgan fingerprint density at radius 2 is 1.43 bits per heavy atom. The van der Waals surface area contributed by atoms with Gasteiger partial charge >= 0.3 is 51.4 Å². The van der Waals surface area contributed by atoms with Crippen molar-refractivity contribution >= 4 is 33.3 Å². The van der Waals surface area contributed by atoms with Crippen molar-refractivity contribution in [3.63, 3.8) is 0 Å². The van der Waals surface area contributed by atoms with E-state index >= 15 is 0 Å². The number of anilines is 2. The first kappa shape index (κ1) is 17.5. The van der Waals surface area contributed by atoms with E-state index in [0.717, 1.165) is 21.2 Å². The minimum absolute atomic E-state index is 0. The van der Waals surface area contributed by atoms with Gasteiger partial charge in [0.15, 0.2) is 0 Å². The van der Waals surface area contributed by atoms with Gasteiger partial charge in [-0.15, -0.1) is 0 Å². The molecule has 3 rings (SSSR count). The van der Waals surface area contributed by atoms with Crippen LogP contribution >= 0.6 is 11.8 Å². The number of para-hydroxylation sites is 2. The average Bonchev–Trinajstić information content (AvgIpc) is 2.42. The van der Waals surface area contributed by atoms with Crippen LogP contribution in [0.25, 0.3) is 0 Å². The SMILES string of the molecule is O=S(=O)([O-])CCN1c2ccccc2Sc2ccccc21.[K+]. The second-order valence-electron chi connectivity index (χ2n) is 4.45. The predicted octanol–water partition coefficient (Wildman–Crippen LogP) is -0.161. The summed E-state index contributed by atoms with van der Waals surface area (Å²) in [4.78, 5) is 4.03. The molecule has 7 heteroatoms. The largest absolute Gasteiger partial charge is 1.00 e. The number of nitrogens with zero attached hydrogens (tertiary/aromatic N) is 1. The molecule has 0 bridgehead atoms. The third-order valence-corrected chi connectivity index (χ3v) is 4.91. The van der Waals surface area contributed by atoms with Crippen molar-refractivity contribution in [2.75, 3.05) is 17.2 Å². The molecule has 0 aromatic heterocycles. The number of benzene rings is 2. The van der Waals surface area contributed by atoms with Crippen LogP contribution in [-0.2, 0) is 10.1 Å². The van der Waals surface area contributed by atoms with Crippen LogP contribution in [-0.4, -0.2) is 25.3 Å². The molecule has 0 fully saturated rings. The Morgan fingerprint density at radius 3 is 1.90 bits per heavy atom. The van der Waals surface area contributed by atoms with E-state index in [1.54, 1.807) is 11.8 Å². The molecule has 104 valence electrons. The maximum Gasteiger partial charge on any atom is 1.00 e. The minimum atomic E-state index is -4.23. The van der Waals surface area contributed by atoms with E-state index in [-0.39, 0.29) is 57.9 Å². The zero-order chi connectivity index (χ0) is 14.2. The van der Waals surface area contributed by atoms with Gasteiger partial charge < -0.3 is 9.45 Å². The van der Waals surface area contributed by atoms with E-state index in [9.17, 15) is 13.0 Å². The molecule has 1 aliphatic rings. The number of fused-ring (bicyclic) bond motifs is 2. The molecule has 2 aromatic carbocycles. The standard InChI is InChI=1S/C14H13NO3S2.K/c16-20(17,18)10-9-15-11-5-1-3-7-13(11)19-14-8-4-2-6-12(14)15;/h1-8H,9-10H2,(H,16,17,18);/q;+1/p-1. The summed E-state index contributed by atoms with van der Waals surface area (Å²) in [7, 11) is -4.23. The van der Waals surface area contributed by atoms with Gasteiger partial charge in [-0.3, -0.25) is 0 Å². The van der Waals surface area contributed by atoms with Crippen molar-refractivity contribution in [2.45, 2.75) is 9.79 Å². The minimum Gasteiger partial charge on any atom is -0.748 e. The second-order valence-corrected chi connectivity index (χ2v) is 7.06. The van der Waals surface area contributed by atoms with E-state index in [2.05, 4.69) is 0 Å². The van der Waals surface area contributed by atoms with Gasteiger partial charge in [0.05, 0.1) is 27.2 Å². The molecule has 0 unspecified atom stereocenters. The van der Waals surface area contributed by atoms with Crippen molar-refractivity contribution in [3.8, 4) is 0 Å². The van der Waals surface area contributed by atoms with E-state index in [4.69, 9.17) is 0 Å². The topological polar surface area (TPSA) is 60.4 Å². The van der Waals surface area contributed by atoms with Crippen molar-refractivity contribution in [3.05, 3.63) is 48.5 Å². The van der Waals surface area contributed by atoms with Crippen molar-refractivity contribution in [1.29, 1.82) is 0 Å². The van der Waals surface area contributed by atoms with Crippen LogP contribution in [0.1, 0.15) is 0 Å². The van der Waals surface area contributed by atoms with Crippen molar-refractivity contribution < 1.29 is 64.4 Å². The van der Waals surface area contributed by atoms with E-state index in [1.807, 2.05) is 53.4 Å². The monoisotopic (exact) mass is 345 g/mol. The number of hydrogen-bond acceptors (Lipinski definition) is 5. The Bertz CT molecular complexity index is 704. The Labute approximate surface area is 171 Å². The summed E-state index contributed by atoms with van der Waals surface area (Å²) in [5.74, 6) is -0.402. The van der Waals surface area contributed by atoms with Crippen molar-refractivity contribution in [2.24, 2.45) is 0 Å². The fraction of sp³-hybridized carbons (Fsp3) is 0.143. The molecule has 4 nitrogen and oxygen atoms in total. The summed E-state index contributed by atoms with van der Waals surface area (Å²) >= 11 is 1.65. The summed E-state index contributed by atoms with van der Waals surface area (Å²) in [5.41, 5.74) is 1.89. The molecular formula is C14H12KNO3S2. The molecular weight excluding hydrogens is 333 g/mol. The molecule has 1 heterocycles. The molecule has 0 atom stereocenters. The fourth-order valence-corrected chi connectivity index (χ4v) is 3.73. The summed E-state index contributed by atoms with van der Waals surface area (Å²) < 4.78 is 32.7. The van der Waals surface area contributed by atoms with Crippen LogP contribution < -0.4 is 56.3 Å². The fourth-order valence-electron chi connectivity index (χ4n) is 2.23. The van der Waals surface area contributed by atoms with Gasteiger partial charge in [-0.2, -0.15) is 0 Å². The molecule has 0 amide bonds. The van der Waals surface area contributed by atoms with Crippen molar-refractivity contribution in [1.82, 2.24) is 0 Å². The molecule has 2 aromatic rings. The summed E-state index contributed by atoms with van der Waals surface area (Å²) in [5, 5.41) is 0. The van der Waals surface area contributed by atoms with Gasteiger partial charge in [-0.1, -0.05) is 36.0 Å². The van der Waals surface area contributed by atoms with E-state index in [1.165, 1.54) is 0 Å². The predicted molar refractivity (Wildman–Crippen MR) is 78.6 cm³/mol. The zero-order valence-corrected chi connectivity index (χ0v) is 16.3. The smallest absolute Gasteiger partial charge is 0.748 e. The molecule has 21 heavy (non-hydrogen) atoms.